The molecule has 0 aromatic rings. The summed E-state index contributed by atoms with van der Waals surface area (Å²) in [5, 5.41) is 56.7. The van der Waals surface area contributed by atoms with Gasteiger partial charge in [0.25, 0.3) is 44.3 Å². The van der Waals surface area contributed by atoms with Gasteiger partial charge >= 0.3 is 57.8 Å². The molecule has 41 heteroatoms. The van der Waals surface area contributed by atoms with E-state index in [1.165, 1.54) is 43.4 Å². The van der Waals surface area contributed by atoms with Crippen molar-refractivity contribution in [2.24, 2.45) is 0 Å². The van der Waals surface area contributed by atoms with E-state index in [-0.39, 0.29) is 332 Å². The van der Waals surface area contributed by atoms with Crippen molar-refractivity contribution in [2.45, 2.75) is 96.0 Å². The summed E-state index contributed by atoms with van der Waals surface area (Å²) < 4.78 is 31.1. The van der Waals surface area contributed by atoms with Crippen LogP contribution in [-0.4, -0.2) is 180 Å². The normalized spacial score (nSPS) is 4.57. The number of aliphatic carboxylic acids is 2. The van der Waals surface area contributed by atoms with Crippen molar-refractivity contribution in [3.05, 3.63) is 0 Å². The Hall–Kier alpha value is 2.08. The van der Waals surface area contributed by atoms with E-state index in [4.69, 9.17) is 84.4 Å². The van der Waals surface area contributed by atoms with E-state index in [1.807, 2.05) is 0 Å². The van der Waals surface area contributed by atoms with Crippen LogP contribution in [0.15, 0.2) is 0 Å². The molecule has 0 aromatic heterocycles. The molecule has 0 bridgehead atoms. The molecule has 26 nitrogen and oxygen atoms in total. The van der Waals surface area contributed by atoms with Crippen molar-refractivity contribution in [3.63, 3.8) is 0 Å². The van der Waals surface area contributed by atoms with Crippen molar-refractivity contribution in [3.8, 4) is 12.3 Å². The number of hydrogen-bond acceptors (Lipinski definition) is 16. The molecule has 0 spiro atoms. The molecule has 0 saturated heterocycles. The molecule has 0 rings (SSSR count). The molecule has 69 heavy (non-hydrogen) atoms. The van der Waals surface area contributed by atoms with Crippen molar-refractivity contribution in [2.75, 3.05) is 13.2 Å². The van der Waals surface area contributed by atoms with Crippen molar-refractivity contribution < 1.29 is 360 Å². The molecule has 0 unspecified atom stereocenters. The third kappa shape index (κ3) is 1110. The Bertz CT molecular complexity index is 801. The third-order valence-electron chi connectivity index (χ3n) is 1.38. The fraction of sp³-hybridized carbons (Fsp3) is 0.571. The van der Waals surface area contributed by atoms with E-state index in [2.05, 4.69) is 48.0 Å². The first-order chi connectivity index (χ1) is 24.2. The quantitative estimate of drug-likeness (QED) is 0.0330. The van der Waals surface area contributed by atoms with Gasteiger partial charge in [0.2, 0.25) is 0 Å². The van der Waals surface area contributed by atoms with E-state index in [0.29, 0.717) is 0 Å². The molecule has 0 aliphatic heterocycles. The van der Waals surface area contributed by atoms with Gasteiger partial charge in [0, 0.05) is 271 Å². The number of carbonyl (C=O) groups is 10. The number of carbonyl (C=O) groups excluding carboxylic acids is 3. The predicted molar refractivity (Wildman–Crippen MR) is 217 cm³/mol. The number of esters is 3. The van der Waals surface area contributed by atoms with Gasteiger partial charge in [-0.3, -0.25) is 53.2 Å². The molecule has 14 N–H and O–H groups in total. The first-order valence-electron chi connectivity index (χ1n) is 12.7. The summed E-state index contributed by atoms with van der Waals surface area (Å²) in [5.74, 6) is 0.865. The van der Waals surface area contributed by atoms with Gasteiger partial charge in [0.1, 0.15) is 13.2 Å². The van der Waals surface area contributed by atoms with Crippen molar-refractivity contribution >= 4 is 102 Å². The summed E-state index contributed by atoms with van der Waals surface area (Å²) in [6.45, 7) is 10.3. The zero-order chi connectivity index (χ0) is 45.4. The van der Waals surface area contributed by atoms with Gasteiger partial charge in [-0.1, -0.05) is 48.3 Å². The molecule has 0 aliphatic rings. The summed E-state index contributed by atoms with van der Waals surface area (Å²) in [5.41, 5.74) is 0. The van der Waals surface area contributed by atoms with E-state index in [1.54, 1.807) is 12.7 Å². The van der Waals surface area contributed by atoms with Crippen LogP contribution >= 0.6 is 0 Å². The molecule has 0 fully saturated rings. The summed E-state index contributed by atoms with van der Waals surface area (Å²) in [4.78, 5) is 91.4. The zero-order valence-electron chi connectivity index (χ0n) is 39.4. The van der Waals surface area contributed by atoms with E-state index in [0.717, 1.165) is 13.8 Å². The first-order valence-corrected chi connectivity index (χ1v) is 14.2. The maximum absolute atomic E-state index is 10.6. The molecule has 4 radical (unpaired) electrons. The molecular formula is C28H74Al2BMo6Ni6O26+3. The Labute approximate surface area is 578 Å². The molecule has 0 aliphatic carbocycles. The van der Waals surface area contributed by atoms with Crippen LogP contribution in [0, 0.1) is 12.3 Å². The minimum absolute atomic E-state index is 0. The SMILES string of the molecule is C.C.C.C#CC.CC(=O)O.CC(=O)O.CC(=O)OCC(COC(C)=O)OC(C)=O.CCC.O.O.O.O=CO.O=CO.O=CO.O=CO.O=CO.[2H][B].[CH3][Al][O]O.[H+].[H+].[H+].[HH].[HH].[Mo].[Mo].[Mo].[Mo].[Mo].[Mo].[Ni].[Ni].[Ni].[Ni].[Ni].[Ni].[O]=[Al]. The van der Waals surface area contributed by atoms with Gasteiger partial charge in [-0.05, 0) is 8.26 Å². The molecule has 444 valence electrons. The molecule has 0 saturated carbocycles. The Morgan fingerprint density at radius 2 is 0.725 bits per heavy atom. The topological polar surface area (TPSA) is 481 Å². The van der Waals surface area contributed by atoms with Crippen LogP contribution in [-0.2, 0) is 295 Å². The first kappa shape index (κ1) is 207. The molecule has 0 atom stereocenters. The number of rotatable bonds is 6. The number of carboxylic acid groups (broad SMARTS) is 7. The zero-order valence-corrected chi connectivity index (χ0v) is 55.7. The van der Waals surface area contributed by atoms with Crippen molar-refractivity contribution in [1.82, 2.24) is 0 Å². The Balaban J connectivity index is -0.00000000668. The van der Waals surface area contributed by atoms with Crippen LogP contribution in [0.2, 0.25) is 5.79 Å². The van der Waals surface area contributed by atoms with Gasteiger partial charge in [-0.15, -0.1) is 12.3 Å². The van der Waals surface area contributed by atoms with Gasteiger partial charge in [-0.25, -0.2) is 0 Å². The van der Waals surface area contributed by atoms with Crippen LogP contribution in [0.4, 0.5) is 0 Å². The van der Waals surface area contributed by atoms with Crippen LogP contribution < -0.4 is 0 Å². The Morgan fingerprint density at radius 1 is 0.623 bits per heavy atom. The van der Waals surface area contributed by atoms with E-state index >= 15 is 0 Å². The Kier molecular flexibility index (Phi) is 863. The molecule has 0 amide bonds. The van der Waals surface area contributed by atoms with Gasteiger partial charge < -0.3 is 70.3 Å². The van der Waals surface area contributed by atoms with Crippen molar-refractivity contribution in [1.29, 1.82) is 1.34 Å². The Morgan fingerprint density at radius 3 is 0.783 bits per heavy atom. The summed E-state index contributed by atoms with van der Waals surface area (Å²) in [6.07, 6.45) is 5.09. The summed E-state index contributed by atoms with van der Waals surface area (Å²) in [7, 11) is 3.75. The second-order valence-electron chi connectivity index (χ2n) is 5.74. The molecule has 0 heterocycles. The number of ether oxygens (including phenoxy) is 3. The monoisotopic (exact) mass is 1830 g/mol. The predicted octanol–water partition coefficient (Wildman–Crippen LogP) is 0.0148. The van der Waals surface area contributed by atoms with Crippen LogP contribution in [0.3, 0.4) is 0 Å². The van der Waals surface area contributed by atoms with Crippen LogP contribution in [0.25, 0.3) is 0 Å². The van der Waals surface area contributed by atoms with E-state index < -0.39 is 36.0 Å². The van der Waals surface area contributed by atoms with Crippen LogP contribution in [0.1, 0.15) is 91.2 Å². The maximum atomic E-state index is 10.6. The second kappa shape index (κ2) is 288. The summed E-state index contributed by atoms with van der Waals surface area (Å²) in [6, 6.07) is 0. The number of carboxylic acids is 2. The summed E-state index contributed by atoms with van der Waals surface area (Å²) >= 11 is 1.00. The van der Waals surface area contributed by atoms with Gasteiger partial charge in [0.05, 0.1) is 0 Å². The number of hydrogen-bond donors (Lipinski definition) is 8. The molecule has 0 aromatic carbocycles. The van der Waals surface area contributed by atoms with Gasteiger partial charge in [-0.2, -0.15) is 0 Å². The second-order valence-corrected chi connectivity index (χ2v) is 6.42. The average Bonchev–Trinajstić information content (AvgIpc) is 3.03. The van der Waals surface area contributed by atoms with Gasteiger partial charge in [0.15, 0.2) is 6.10 Å². The van der Waals surface area contributed by atoms with Crippen LogP contribution in [0.5, 0.6) is 0 Å². The van der Waals surface area contributed by atoms with E-state index in [9.17, 15) is 14.4 Å². The number of terminal acetylenes is 1. The fourth-order valence-electron chi connectivity index (χ4n) is 0.771. The standard InChI is InChI=1S/C9H14O6.C3H8.C3H4.2C2H4O2.5CH2O2.3CH4.CH3.2Al.BH.6Mo.6Ni.H2O2.3H2O.O.2H2/c1-6(10)13-4-9(15-8(3)12)5-14-7(2)11;2*1-3-2;2*1-2(3)4;5*2-1-3;;;;;;;;;;;;;;;;;;;;1-2;;;;;;/h9H,4-5H2,1-3H3;3H2,1-2H3;1H,2H3;2*1H3,(H,3,4);5*1H,(H,2,3);3*1H4;1H3;;;1H;;;;;;;;;;;;;1-2H;3*1H2;;2*1H/q;;;;;;;;;;;;;;;+1;;;;;;;;;;;;;;;;;;;;/p+2/i;;;;;;;;;;;;;;;;1D;;;;;;;;;;;;;;;;;;;. The fourth-order valence-corrected chi connectivity index (χ4v) is 0.771. The third-order valence-corrected chi connectivity index (χ3v) is 1.59. The minimum atomic E-state index is -0.833. The molecular weight excluding hydrogens is 1740 g/mol. The average molecular weight is 1820 g/mol.